The molecule has 3 rings (SSSR count). The number of aryl methyl sites for hydroxylation is 1. The zero-order valence-electron chi connectivity index (χ0n) is 9.14. The molecule has 0 spiro atoms. The molecule has 0 bridgehead atoms. The van der Waals surface area contributed by atoms with Crippen LogP contribution in [0.25, 0.3) is 0 Å². The van der Waals surface area contributed by atoms with Crippen molar-refractivity contribution in [3.63, 3.8) is 0 Å². The van der Waals surface area contributed by atoms with E-state index in [0.717, 1.165) is 17.1 Å². The van der Waals surface area contributed by atoms with Gasteiger partial charge in [-0.05, 0) is 27.6 Å². The zero-order chi connectivity index (χ0) is 11.3. The Kier molecular flexibility index (Phi) is 2.10. The van der Waals surface area contributed by atoms with E-state index in [2.05, 4.69) is 38.2 Å². The highest BCUT2D eigenvalue weighted by atomic mass is 79.9. The number of likely N-dealkylation sites (N-methyl/N-ethyl adjacent to an activating group) is 1. The van der Waals surface area contributed by atoms with E-state index in [1.54, 1.807) is 0 Å². The van der Waals surface area contributed by atoms with E-state index in [9.17, 15) is 0 Å². The van der Waals surface area contributed by atoms with Crippen LogP contribution in [0.5, 0.6) is 0 Å². The van der Waals surface area contributed by atoms with Gasteiger partial charge < -0.3 is 9.32 Å². The van der Waals surface area contributed by atoms with Gasteiger partial charge in [-0.25, -0.2) is 0 Å². The first-order chi connectivity index (χ1) is 7.65. The number of aromatic nitrogens is 2. The average molecular weight is 282 g/mol. The topological polar surface area (TPSA) is 34.2 Å². The summed E-state index contributed by atoms with van der Waals surface area (Å²) in [4.78, 5) is 2.14. The highest BCUT2D eigenvalue weighted by molar-refractivity contribution is 9.10. The summed E-state index contributed by atoms with van der Waals surface area (Å²) in [6, 6.07) is 2.05. The molecule has 1 atom stereocenters. The van der Waals surface area contributed by atoms with Crippen LogP contribution in [0.3, 0.4) is 0 Å². The molecular weight excluding hydrogens is 270 g/mol. The van der Waals surface area contributed by atoms with Crippen LogP contribution in [0, 0.1) is 0 Å². The third-order valence-electron chi connectivity index (χ3n) is 3.02. The molecule has 2 aromatic rings. The molecule has 16 heavy (non-hydrogen) atoms. The van der Waals surface area contributed by atoms with Crippen LogP contribution in [0.2, 0.25) is 0 Å². The molecule has 2 aromatic heterocycles. The Hall–Kier alpha value is -1.23. The Morgan fingerprint density at radius 3 is 3.00 bits per heavy atom. The number of halogens is 1. The van der Waals surface area contributed by atoms with E-state index in [1.807, 2.05) is 25.0 Å². The van der Waals surface area contributed by atoms with Gasteiger partial charge >= 0.3 is 0 Å². The summed E-state index contributed by atoms with van der Waals surface area (Å²) < 4.78 is 8.24. The number of hydrogen-bond acceptors (Lipinski definition) is 3. The van der Waals surface area contributed by atoms with Gasteiger partial charge in [-0.2, -0.15) is 5.10 Å². The maximum Gasteiger partial charge on any atom is 0.200 e. The molecule has 4 nitrogen and oxygen atoms in total. The smallest absolute Gasteiger partial charge is 0.200 e. The lowest BCUT2D eigenvalue weighted by Crippen LogP contribution is -2.15. The number of fused-ring (bicyclic) bond motifs is 1. The Labute approximate surface area is 102 Å². The highest BCUT2D eigenvalue weighted by Gasteiger charge is 2.32. The first kappa shape index (κ1) is 9.96. The standard InChI is InChI=1S/C11H12BrN3O/c1-14-6-9(7-4-13-15(2)5-7)8-3-10(12)16-11(8)14/h3-5,9H,6H2,1-2H3. The summed E-state index contributed by atoms with van der Waals surface area (Å²) in [5.74, 6) is 1.32. The first-order valence-electron chi connectivity index (χ1n) is 5.14. The molecule has 0 radical (unpaired) electrons. The van der Waals surface area contributed by atoms with E-state index in [4.69, 9.17) is 4.42 Å². The van der Waals surface area contributed by atoms with E-state index < -0.39 is 0 Å². The summed E-state index contributed by atoms with van der Waals surface area (Å²) in [5.41, 5.74) is 2.48. The predicted molar refractivity (Wildman–Crippen MR) is 64.7 cm³/mol. The van der Waals surface area contributed by atoms with Crippen LogP contribution < -0.4 is 4.90 Å². The second-order valence-corrected chi connectivity index (χ2v) is 4.97. The van der Waals surface area contributed by atoms with E-state index in [1.165, 1.54) is 11.1 Å². The number of rotatable bonds is 1. The lowest BCUT2D eigenvalue weighted by Gasteiger charge is -2.10. The molecular formula is C11H12BrN3O. The lowest BCUT2D eigenvalue weighted by atomic mass is 9.98. The third-order valence-corrected chi connectivity index (χ3v) is 3.41. The molecule has 0 saturated heterocycles. The van der Waals surface area contributed by atoms with Gasteiger partial charge in [0.05, 0.1) is 6.20 Å². The van der Waals surface area contributed by atoms with Crippen molar-refractivity contribution in [3.05, 3.63) is 34.3 Å². The Bertz CT molecular complexity index is 531. The number of nitrogens with zero attached hydrogens (tertiary/aromatic N) is 3. The molecule has 0 amide bonds. The van der Waals surface area contributed by atoms with E-state index in [0.29, 0.717) is 5.92 Å². The zero-order valence-corrected chi connectivity index (χ0v) is 10.7. The quantitative estimate of drug-likeness (QED) is 0.805. The molecule has 84 valence electrons. The molecule has 1 aliphatic heterocycles. The predicted octanol–water partition coefficient (Wildman–Crippen LogP) is 2.36. The monoisotopic (exact) mass is 281 g/mol. The van der Waals surface area contributed by atoms with Gasteiger partial charge in [0.2, 0.25) is 5.88 Å². The summed E-state index contributed by atoms with van der Waals surface area (Å²) in [5, 5.41) is 4.22. The molecule has 0 fully saturated rings. The molecule has 1 unspecified atom stereocenters. The molecule has 1 aliphatic rings. The van der Waals surface area contributed by atoms with Gasteiger partial charge in [0, 0.05) is 38.3 Å². The van der Waals surface area contributed by atoms with Crippen LogP contribution in [0.15, 0.2) is 27.5 Å². The van der Waals surface area contributed by atoms with Crippen molar-refractivity contribution in [2.45, 2.75) is 5.92 Å². The maximum atomic E-state index is 5.61. The van der Waals surface area contributed by atoms with Crippen LogP contribution in [0.1, 0.15) is 17.0 Å². The SMILES string of the molecule is CN1CC(c2cnn(C)c2)c2cc(Br)oc21. The summed E-state index contributed by atoms with van der Waals surface area (Å²) in [6.45, 7) is 0.952. The molecule has 0 N–H and O–H groups in total. The van der Waals surface area contributed by atoms with E-state index >= 15 is 0 Å². The molecule has 0 saturated carbocycles. The lowest BCUT2D eigenvalue weighted by molar-refractivity contribution is 0.539. The van der Waals surface area contributed by atoms with Crippen molar-refractivity contribution in [1.29, 1.82) is 0 Å². The highest BCUT2D eigenvalue weighted by Crippen LogP contribution is 2.42. The average Bonchev–Trinajstić information content (AvgIpc) is 2.85. The van der Waals surface area contributed by atoms with E-state index in [-0.39, 0.29) is 0 Å². The molecule has 3 heterocycles. The normalized spacial score (nSPS) is 19.2. The minimum Gasteiger partial charge on any atom is -0.434 e. The number of furan rings is 1. The fourth-order valence-corrected chi connectivity index (χ4v) is 2.67. The summed E-state index contributed by atoms with van der Waals surface area (Å²) >= 11 is 3.38. The largest absolute Gasteiger partial charge is 0.434 e. The van der Waals surface area contributed by atoms with Crippen molar-refractivity contribution >= 4 is 21.8 Å². The second-order valence-electron chi connectivity index (χ2n) is 4.19. The van der Waals surface area contributed by atoms with Gasteiger partial charge in [0.25, 0.3) is 0 Å². The second kappa shape index (κ2) is 3.38. The van der Waals surface area contributed by atoms with Gasteiger partial charge in [-0.15, -0.1) is 0 Å². The van der Waals surface area contributed by atoms with Crippen molar-refractivity contribution < 1.29 is 4.42 Å². The number of anilines is 1. The van der Waals surface area contributed by atoms with Crippen molar-refractivity contribution in [3.8, 4) is 0 Å². The van der Waals surface area contributed by atoms with Gasteiger partial charge in [-0.1, -0.05) is 0 Å². The minimum atomic E-state index is 0.365. The Morgan fingerprint density at radius 1 is 1.50 bits per heavy atom. The van der Waals surface area contributed by atoms with Crippen molar-refractivity contribution in [1.82, 2.24) is 9.78 Å². The van der Waals surface area contributed by atoms with Gasteiger partial charge in [0.15, 0.2) is 4.67 Å². The fourth-order valence-electron chi connectivity index (χ4n) is 2.27. The summed E-state index contributed by atoms with van der Waals surface area (Å²) in [6.07, 6.45) is 3.99. The Balaban J connectivity index is 2.05. The Morgan fingerprint density at radius 2 is 2.31 bits per heavy atom. The summed E-state index contributed by atoms with van der Waals surface area (Å²) in [7, 11) is 3.99. The maximum absolute atomic E-state index is 5.61. The molecule has 0 aromatic carbocycles. The van der Waals surface area contributed by atoms with Gasteiger partial charge in [0.1, 0.15) is 0 Å². The third kappa shape index (κ3) is 1.38. The molecule has 5 heteroatoms. The first-order valence-corrected chi connectivity index (χ1v) is 5.93. The van der Waals surface area contributed by atoms with Crippen LogP contribution in [0.4, 0.5) is 5.88 Å². The van der Waals surface area contributed by atoms with Crippen molar-refractivity contribution in [2.24, 2.45) is 7.05 Å². The fraction of sp³-hybridized carbons (Fsp3) is 0.364. The van der Waals surface area contributed by atoms with Crippen LogP contribution in [-0.4, -0.2) is 23.4 Å². The number of hydrogen-bond donors (Lipinski definition) is 0. The van der Waals surface area contributed by atoms with Gasteiger partial charge in [-0.3, -0.25) is 4.68 Å². The minimum absolute atomic E-state index is 0.365. The molecule has 0 aliphatic carbocycles. The van der Waals surface area contributed by atoms with Crippen molar-refractivity contribution in [2.75, 3.05) is 18.5 Å². The van der Waals surface area contributed by atoms with Crippen LogP contribution in [-0.2, 0) is 7.05 Å². The van der Waals surface area contributed by atoms with Crippen LogP contribution >= 0.6 is 15.9 Å².